The number of carbonyl (C=O) groups excluding carboxylic acids is 1. The summed E-state index contributed by atoms with van der Waals surface area (Å²) < 4.78 is 12.3. The molecule has 0 aromatic heterocycles. The standard InChI is InChI=1S/C19H20BrNO3/c20-16-7-9-17(10-8-16)24-13-14-3-5-15(6-4-14)19(22)21-12-18-2-1-11-23-18/h3-10,18H,1-2,11-13H2,(H,21,22)/t18-/m0/s1. The summed E-state index contributed by atoms with van der Waals surface area (Å²) in [6.07, 6.45) is 2.26. The van der Waals surface area contributed by atoms with E-state index < -0.39 is 0 Å². The van der Waals surface area contributed by atoms with Gasteiger partial charge in [0.25, 0.3) is 5.91 Å². The molecule has 4 nitrogen and oxygen atoms in total. The van der Waals surface area contributed by atoms with Crippen LogP contribution in [0.5, 0.6) is 5.75 Å². The highest BCUT2D eigenvalue weighted by Crippen LogP contribution is 2.17. The quantitative estimate of drug-likeness (QED) is 0.813. The molecule has 0 radical (unpaired) electrons. The van der Waals surface area contributed by atoms with Gasteiger partial charge >= 0.3 is 0 Å². The molecule has 3 rings (SSSR count). The van der Waals surface area contributed by atoms with E-state index in [9.17, 15) is 4.79 Å². The van der Waals surface area contributed by atoms with Gasteiger partial charge < -0.3 is 14.8 Å². The summed E-state index contributed by atoms with van der Waals surface area (Å²) in [7, 11) is 0. The first-order valence-electron chi connectivity index (χ1n) is 8.08. The Morgan fingerprint density at radius 3 is 2.58 bits per heavy atom. The van der Waals surface area contributed by atoms with Crippen molar-refractivity contribution < 1.29 is 14.3 Å². The van der Waals surface area contributed by atoms with E-state index in [-0.39, 0.29) is 12.0 Å². The van der Waals surface area contributed by atoms with Crippen LogP contribution >= 0.6 is 15.9 Å². The van der Waals surface area contributed by atoms with Crippen molar-refractivity contribution in [3.8, 4) is 5.75 Å². The number of carbonyl (C=O) groups is 1. The summed E-state index contributed by atoms with van der Waals surface area (Å²) in [5, 5.41) is 2.92. The van der Waals surface area contributed by atoms with Crippen LogP contribution in [-0.4, -0.2) is 25.2 Å². The van der Waals surface area contributed by atoms with Gasteiger partial charge in [-0.2, -0.15) is 0 Å². The van der Waals surface area contributed by atoms with E-state index in [4.69, 9.17) is 9.47 Å². The molecule has 24 heavy (non-hydrogen) atoms. The average molecular weight is 390 g/mol. The number of halogens is 1. The molecule has 1 atom stereocenters. The highest BCUT2D eigenvalue weighted by Gasteiger charge is 2.16. The monoisotopic (exact) mass is 389 g/mol. The predicted molar refractivity (Wildman–Crippen MR) is 96.2 cm³/mol. The third-order valence-electron chi connectivity index (χ3n) is 3.95. The van der Waals surface area contributed by atoms with Gasteiger partial charge in [0.05, 0.1) is 6.10 Å². The molecule has 2 aromatic carbocycles. The van der Waals surface area contributed by atoms with Crippen molar-refractivity contribution in [2.45, 2.75) is 25.6 Å². The first-order valence-corrected chi connectivity index (χ1v) is 8.87. The van der Waals surface area contributed by atoms with Crippen LogP contribution in [0.4, 0.5) is 0 Å². The lowest BCUT2D eigenvalue weighted by atomic mass is 10.1. The Balaban J connectivity index is 1.48. The van der Waals surface area contributed by atoms with Crippen LogP contribution in [0.15, 0.2) is 53.0 Å². The lowest BCUT2D eigenvalue weighted by molar-refractivity contribution is 0.0857. The Labute approximate surface area is 150 Å². The Morgan fingerprint density at radius 2 is 1.92 bits per heavy atom. The van der Waals surface area contributed by atoms with Crippen molar-refractivity contribution >= 4 is 21.8 Å². The molecule has 0 unspecified atom stereocenters. The molecule has 0 spiro atoms. The topological polar surface area (TPSA) is 47.6 Å². The van der Waals surface area contributed by atoms with Crippen molar-refractivity contribution in [2.24, 2.45) is 0 Å². The van der Waals surface area contributed by atoms with Gasteiger partial charge in [0.2, 0.25) is 0 Å². The molecule has 126 valence electrons. The molecule has 1 heterocycles. The summed E-state index contributed by atoms with van der Waals surface area (Å²) >= 11 is 3.40. The Hall–Kier alpha value is -1.85. The van der Waals surface area contributed by atoms with E-state index >= 15 is 0 Å². The molecule has 5 heteroatoms. The number of hydrogen-bond donors (Lipinski definition) is 1. The van der Waals surface area contributed by atoms with Crippen molar-refractivity contribution in [3.63, 3.8) is 0 Å². The number of ether oxygens (including phenoxy) is 2. The van der Waals surface area contributed by atoms with Gasteiger partial charge in [0, 0.05) is 23.2 Å². The van der Waals surface area contributed by atoms with Gasteiger partial charge in [0.15, 0.2) is 0 Å². The van der Waals surface area contributed by atoms with E-state index in [0.29, 0.717) is 18.7 Å². The van der Waals surface area contributed by atoms with E-state index in [1.807, 2.05) is 48.5 Å². The molecule has 1 saturated heterocycles. The maximum Gasteiger partial charge on any atom is 0.251 e. The smallest absolute Gasteiger partial charge is 0.251 e. The molecule has 1 amide bonds. The first-order chi connectivity index (χ1) is 11.7. The maximum atomic E-state index is 12.1. The number of benzene rings is 2. The minimum atomic E-state index is -0.0640. The molecule has 2 aromatic rings. The number of nitrogens with one attached hydrogen (secondary N) is 1. The third-order valence-corrected chi connectivity index (χ3v) is 4.48. The Kier molecular flexibility index (Phi) is 5.88. The Morgan fingerprint density at radius 1 is 1.17 bits per heavy atom. The molecular formula is C19H20BrNO3. The van der Waals surface area contributed by atoms with Crippen molar-refractivity contribution in [3.05, 3.63) is 64.1 Å². The fourth-order valence-corrected chi connectivity index (χ4v) is 2.83. The number of hydrogen-bond acceptors (Lipinski definition) is 3. The van der Waals surface area contributed by atoms with Crippen LogP contribution in [0, 0.1) is 0 Å². The van der Waals surface area contributed by atoms with Crippen LogP contribution in [-0.2, 0) is 11.3 Å². The van der Waals surface area contributed by atoms with Crippen LogP contribution in [0.2, 0.25) is 0 Å². The first kappa shape index (κ1) is 17.0. The SMILES string of the molecule is O=C(NC[C@@H]1CCCO1)c1ccc(COc2ccc(Br)cc2)cc1. The minimum Gasteiger partial charge on any atom is -0.489 e. The maximum absolute atomic E-state index is 12.1. The zero-order valence-electron chi connectivity index (χ0n) is 13.3. The fourth-order valence-electron chi connectivity index (χ4n) is 2.56. The zero-order chi connectivity index (χ0) is 16.8. The largest absolute Gasteiger partial charge is 0.489 e. The fraction of sp³-hybridized carbons (Fsp3) is 0.316. The summed E-state index contributed by atoms with van der Waals surface area (Å²) in [6.45, 7) is 1.85. The lowest BCUT2D eigenvalue weighted by Gasteiger charge is -2.11. The van der Waals surface area contributed by atoms with Gasteiger partial charge in [-0.25, -0.2) is 0 Å². The van der Waals surface area contributed by atoms with Gasteiger partial charge in [0.1, 0.15) is 12.4 Å². The van der Waals surface area contributed by atoms with Gasteiger partial charge in [-0.3, -0.25) is 4.79 Å². The zero-order valence-corrected chi connectivity index (χ0v) is 14.9. The number of rotatable bonds is 6. The number of amides is 1. The molecule has 0 saturated carbocycles. The van der Waals surface area contributed by atoms with Gasteiger partial charge in [-0.05, 0) is 54.8 Å². The van der Waals surface area contributed by atoms with Crippen molar-refractivity contribution in [1.29, 1.82) is 0 Å². The summed E-state index contributed by atoms with van der Waals surface area (Å²) in [4.78, 5) is 12.1. The molecular weight excluding hydrogens is 370 g/mol. The average Bonchev–Trinajstić information content (AvgIpc) is 3.13. The van der Waals surface area contributed by atoms with Gasteiger partial charge in [-0.15, -0.1) is 0 Å². The predicted octanol–water partition coefficient (Wildman–Crippen LogP) is 3.94. The minimum absolute atomic E-state index is 0.0640. The van der Waals surface area contributed by atoms with E-state index in [1.165, 1.54) is 0 Å². The van der Waals surface area contributed by atoms with Crippen LogP contribution in [0.3, 0.4) is 0 Å². The van der Waals surface area contributed by atoms with Crippen molar-refractivity contribution in [2.75, 3.05) is 13.2 Å². The second-order valence-corrected chi connectivity index (χ2v) is 6.70. The summed E-state index contributed by atoms with van der Waals surface area (Å²) in [6, 6.07) is 15.2. The highest BCUT2D eigenvalue weighted by atomic mass is 79.9. The molecule has 0 aliphatic carbocycles. The summed E-state index contributed by atoms with van der Waals surface area (Å²) in [5.74, 6) is 0.752. The molecule has 1 aliphatic heterocycles. The van der Waals surface area contributed by atoms with Gasteiger partial charge in [-0.1, -0.05) is 28.1 Å². The normalized spacial score (nSPS) is 16.8. The molecule has 0 bridgehead atoms. The molecule has 1 fully saturated rings. The molecule has 1 N–H and O–H groups in total. The van der Waals surface area contributed by atoms with E-state index in [0.717, 1.165) is 35.2 Å². The second kappa shape index (κ2) is 8.31. The van der Waals surface area contributed by atoms with Crippen LogP contribution < -0.4 is 10.1 Å². The van der Waals surface area contributed by atoms with E-state index in [1.54, 1.807) is 0 Å². The van der Waals surface area contributed by atoms with E-state index in [2.05, 4.69) is 21.2 Å². The third kappa shape index (κ3) is 4.82. The second-order valence-electron chi connectivity index (χ2n) is 5.78. The summed E-state index contributed by atoms with van der Waals surface area (Å²) in [5.41, 5.74) is 1.67. The van der Waals surface area contributed by atoms with Crippen LogP contribution in [0.25, 0.3) is 0 Å². The Bertz CT molecular complexity index is 664. The van der Waals surface area contributed by atoms with Crippen molar-refractivity contribution in [1.82, 2.24) is 5.32 Å². The highest BCUT2D eigenvalue weighted by molar-refractivity contribution is 9.10. The van der Waals surface area contributed by atoms with Crippen LogP contribution in [0.1, 0.15) is 28.8 Å². The lowest BCUT2D eigenvalue weighted by Crippen LogP contribution is -2.31. The molecule has 1 aliphatic rings.